The molecule has 3 aromatic rings. The van der Waals surface area contributed by atoms with E-state index in [2.05, 4.69) is 26.0 Å². The number of anilines is 1. The Morgan fingerprint density at radius 1 is 1.00 bits per heavy atom. The number of rotatable bonds is 7. The van der Waals surface area contributed by atoms with Gasteiger partial charge in [0.25, 0.3) is 15.9 Å². The fourth-order valence-electron chi connectivity index (χ4n) is 3.13. The molecule has 29 heavy (non-hydrogen) atoms. The number of nitrogens with one attached hydrogen (secondary N) is 2. The zero-order chi connectivity index (χ0) is 20.4. The van der Waals surface area contributed by atoms with Gasteiger partial charge in [-0.2, -0.15) is 0 Å². The van der Waals surface area contributed by atoms with Crippen LogP contribution in [0.25, 0.3) is 0 Å². The van der Waals surface area contributed by atoms with Gasteiger partial charge in [0.1, 0.15) is 4.21 Å². The molecule has 0 aliphatic heterocycles. The van der Waals surface area contributed by atoms with E-state index in [1.54, 1.807) is 36.4 Å². The highest BCUT2D eigenvalue weighted by Gasteiger charge is 2.33. The smallest absolute Gasteiger partial charge is 0.271 e. The number of amides is 1. The quantitative estimate of drug-likeness (QED) is 0.478. The van der Waals surface area contributed by atoms with Crippen LogP contribution in [0, 0.1) is 5.92 Å². The van der Waals surface area contributed by atoms with Crippen LogP contribution in [0.1, 0.15) is 34.8 Å². The Balaban J connectivity index is 1.45. The third-order valence-electron chi connectivity index (χ3n) is 4.75. The van der Waals surface area contributed by atoms with Gasteiger partial charge in [0.15, 0.2) is 0 Å². The highest BCUT2D eigenvalue weighted by atomic mass is 79.9. The second-order valence-electron chi connectivity index (χ2n) is 6.94. The summed E-state index contributed by atoms with van der Waals surface area (Å²) < 4.78 is 28.3. The van der Waals surface area contributed by atoms with E-state index >= 15 is 0 Å². The van der Waals surface area contributed by atoms with Gasteiger partial charge >= 0.3 is 0 Å². The fraction of sp³-hybridized carbons (Fsp3) is 0.190. The first-order valence-corrected chi connectivity index (χ1v) is 12.3. The third kappa shape index (κ3) is 4.88. The maximum atomic E-state index is 12.7. The van der Waals surface area contributed by atoms with E-state index in [-0.39, 0.29) is 16.2 Å². The van der Waals surface area contributed by atoms with Gasteiger partial charge in [-0.15, -0.1) is 11.3 Å². The predicted octanol–water partition coefficient (Wildman–Crippen LogP) is 5.19. The second-order valence-corrected chi connectivity index (χ2v) is 11.3. The normalized spacial score (nSPS) is 14.9. The van der Waals surface area contributed by atoms with Crippen molar-refractivity contribution in [2.24, 2.45) is 5.92 Å². The Bertz CT molecular complexity index is 1110. The van der Waals surface area contributed by atoms with Crippen LogP contribution >= 0.6 is 27.3 Å². The molecule has 5 nitrogen and oxygen atoms in total. The second kappa shape index (κ2) is 8.30. The van der Waals surface area contributed by atoms with Crippen LogP contribution in [0.15, 0.2) is 74.7 Å². The minimum absolute atomic E-state index is 0.000783. The number of hydrogen-bond acceptors (Lipinski definition) is 4. The molecule has 1 heterocycles. The largest absolute Gasteiger partial charge is 0.345 e. The highest BCUT2D eigenvalue weighted by molar-refractivity contribution is 9.11. The van der Waals surface area contributed by atoms with Crippen LogP contribution in [0.2, 0.25) is 0 Å². The molecule has 1 fully saturated rings. The average Bonchev–Trinajstić information content (AvgIpc) is 3.46. The summed E-state index contributed by atoms with van der Waals surface area (Å²) in [6.07, 6.45) is 2.22. The minimum atomic E-state index is -3.65. The summed E-state index contributed by atoms with van der Waals surface area (Å²) in [5.74, 6) is 0.305. The molecule has 2 aromatic carbocycles. The molecule has 0 radical (unpaired) electrons. The Kier molecular flexibility index (Phi) is 5.76. The van der Waals surface area contributed by atoms with Crippen molar-refractivity contribution in [3.63, 3.8) is 0 Å². The van der Waals surface area contributed by atoms with Crippen molar-refractivity contribution in [1.29, 1.82) is 0 Å². The lowest BCUT2D eigenvalue weighted by atomic mass is 10.0. The first kappa shape index (κ1) is 20.1. The Hall–Kier alpha value is -2.16. The van der Waals surface area contributed by atoms with Crippen molar-refractivity contribution in [3.05, 3.63) is 81.6 Å². The van der Waals surface area contributed by atoms with Gasteiger partial charge in [-0.25, -0.2) is 8.42 Å². The number of halogens is 1. The highest BCUT2D eigenvalue weighted by Crippen LogP contribution is 2.41. The van der Waals surface area contributed by atoms with Crippen LogP contribution in [0.4, 0.5) is 5.69 Å². The molecule has 1 atom stereocenters. The third-order valence-corrected chi connectivity index (χ3v) is 8.25. The van der Waals surface area contributed by atoms with Crippen LogP contribution in [0.3, 0.4) is 0 Å². The lowest BCUT2D eigenvalue weighted by molar-refractivity contribution is 0.0931. The topological polar surface area (TPSA) is 75.3 Å². The monoisotopic (exact) mass is 490 g/mol. The van der Waals surface area contributed by atoms with Gasteiger partial charge < -0.3 is 5.32 Å². The van der Waals surface area contributed by atoms with Gasteiger partial charge in [0.2, 0.25) is 0 Å². The molecule has 1 saturated carbocycles. The molecule has 8 heteroatoms. The van der Waals surface area contributed by atoms with Gasteiger partial charge in [0.05, 0.1) is 9.83 Å². The molecule has 1 unspecified atom stereocenters. The van der Waals surface area contributed by atoms with Crippen molar-refractivity contribution in [1.82, 2.24) is 5.32 Å². The lowest BCUT2D eigenvalue weighted by Crippen LogP contribution is -2.29. The number of carbonyl (C=O) groups excluding carboxylic acids is 1. The van der Waals surface area contributed by atoms with E-state index in [4.69, 9.17) is 0 Å². The zero-order valence-electron chi connectivity index (χ0n) is 15.3. The van der Waals surface area contributed by atoms with Crippen LogP contribution in [0.5, 0.6) is 0 Å². The molecule has 1 aliphatic rings. The van der Waals surface area contributed by atoms with Gasteiger partial charge in [-0.3, -0.25) is 9.52 Å². The zero-order valence-corrected chi connectivity index (χ0v) is 18.6. The Morgan fingerprint density at radius 3 is 2.28 bits per heavy atom. The van der Waals surface area contributed by atoms with Gasteiger partial charge in [-0.1, -0.05) is 30.3 Å². The summed E-state index contributed by atoms with van der Waals surface area (Å²) >= 11 is 4.41. The Labute approximate surface area is 182 Å². The summed E-state index contributed by atoms with van der Waals surface area (Å²) in [7, 11) is -3.65. The summed E-state index contributed by atoms with van der Waals surface area (Å²) in [6, 6.07) is 19.7. The van der Waals surface area contributed by atoms with Crippen molar-refractivity contribution in [2.75, 3.05) is 4.72 Å². The summed E-state index contributed by atoms with van der Waals surface area (Å²) in [5.41, 5.74) is 2.01. The first-order valence-electron chi connectivity index (χ1n) is 9.16. The SMILES string of the molecule is O=C(NC(c1ccccc1)C1CC1)c1ccc(NS(=O)(=O)c2ccc(Br)s2)cc1. The number of hydrogen-bond donors (Lipinski definition) is 2. The number of carbonyl (C=O) groups is 1. The molecule has 0 bridgehead atoms. The molecule has 1 amide bonds. The minimum Gasteiger partial charge on any atom is -0.345 e. The van der Waals surface area contributed by atoms with Gasteiger partial charge in [0, 0.05) is 11.3 Å². The molecule has 1 aliphatic carbocycles. The van der Waals surface area contributed by atoms with Crippen LogP contribution in [-0.2, 0) is 10.0 Å². The molecule has 150 valence electrons. The number of thiophene rings is 1. The van der Waals surface area contributed by atoms with Crippen LogP contribution in [-0.4, -0.2) is 14.3 Å². The molecule has 1 aromatic heterocycles. The molecule has 0 spiro atoms. The van der Waals surface area contributed by atoms with Crippen molar-refractivity contribution in [2.45, 2.75) is 23.1 Å². The van der Waals surface area contributed by atoms with E-state index in [1.807, 2.05) is 30.3 Å². The van der Waals surface area contributed by atoms with E-state index in [1.165, 1.54) is 0 Å². The number of benzene rings is 2. The number of sulfonamides is 1. The Morgan fingerprint density at radius 2 is 1.69 bits per heavy atom. The van der Waals surface area contributed by atoms with E-state index in [0.29, 0.717) is 17.2 Å². The van der Waals surface area contributed by atoms with Crippen LogP contribution < -0.4 is 10.0 Å². The summed E-state index contributed by atoms with van der Waals surface area (Å²) in [6.45, 7) is 0. The maximum absolute atomic E-state index is 12.7. The fourth-order valence-corrected chi connectivity index (χ4v) is 6.19. The van der Waals surface area contributed by atoms with Crippen molar-refractivity contribution in [3.8, 4) is 0 Å². The van der Waals surface area contributed by atoms with E-state index < -0.39 is 10.0 Å². The standard InChI is InChI=1S/C21H19BrN2O3S2/c22-18-12-13-19(28-18)29(26,27)24-17-10-8-16(9-11-17)21(25)23-20(15-6-7-15)14-4-2-1-3-5-14/h1-5,8-13,15,20,24H,6-7H2,(H,23,25). The lowest BCUT2D eigenvalue weighted by Gasteiger charge is -2.19. The molecule has 0 saturated heterocycles. The molecule has 2 N–H and O–H groups in total. The summed E-state index contributed by atoms with van der Waals surface area (Å²) in [5, 5.41) is 3.13. The van der Waals surface area contributed by atoms with Crippen molar-refractivity contribution < 1.29 is 13.2 Å². The predicted molar refractivity (Wildman–Crippen MR) is 119 cm³/mol. The first-order chi connectivity index (χ1) is 13.9. The summed E-state index contributed by atoms with van der Waals surface area (Å²) in [4.78, 5) is 12.7. The average molecular weight is 491 g/mol. The molecular weight excluding hydrogens is 472 g/mol. The maximum Gasteiger partial charge on any atom is 0.271 e. The van der Waals surface area contributed by atoms with Crippen molar-refractivity contribution >= 4 is 48.9 Å². The molecular formula is C21H19BrN2O3S2. The van der Waals surface area contributed by atoms with E-state index in [0.717, 1.165) is 33.5 Å². The molecule has 4 rings (SSSR count). The van der Waals surface area contributed by atoms with E-state index in [9.17, 15) is 13.2 Å². The van der Waals surface area contributed by atoms with Gasteiger partial charge in [-0.05, 0) is 76.7 Å².